The summed E-state index contributed by atoms with van der Waals surface area (Å²) in [6.45, 7) is 2.68. The molecule has 0 aliphatic carbocycles. The lowest BCUT2D eigenvalue weighted by atomic mass is 10.1. The predicted octanol–water partition coefficient (Wildman–Crippen LogP) is 2.64. The van der Waals surface area contributed by atoms with Crippen LogP contribution in [0.4, 0.5) is 15.2 Å². The molecule has 8 nitrogen and oxygen atoms in total. The number of fused-ring (bicyclic) bond motifs is 1. The summed E-state index contributed by atoms with van der Waals surface area (Å²) in [4.78, 5) is 25.4. The molecule has 1 fully saturated rings. The fraction of sp³-hybridized carbons (Fsp3) is 0.267. The smallest absolute Gasteiger partial charge is 0.297 e. The molecule has 3 aromatic rings. The van der Waals surface area contributed by atoms with E-state index in [1.165, 1.54) is 29.7 Å². The van der Waals surface area contributed by atoms with Crippen molar-refractivity contribution in [2.45, 2.75) is 0 Å². The third-order valence-corrected chi connectivity index (χ3v) is 4.88. The van der Waals surface area contributed by atoms with E-state index < -0.39 is 10.9 Å². The van der Waals surface area contributed by atoms with Gasteiger partial charge in [0, 0.05) is 30.9 Å². The van der Waals surface area contributed by atoms with Crippen molar-refractivity contribution in [2.75, 3.05) is 31.2 Å². The number of pyridine rings is 2. The van der Waals surface area contributed by atoms with Gasteiger partial charge in [-0.15, -0.1) is 0 Å². The minimum atomic E-state index is -0.657. The molecule has 0 bridgehead atoms. The molecule has 3 aromatic heterocycles. The number of aromatic nitrogens is 3. The predicted molar refractivity (Wildman–Crippen MR) is 90.3 cm³/mol. The summed E-state index contributed by atoms with van der Waals surface area (Å²) in [7, 11) is 0. The van der Waals surface area contributed by atoms with Gasteiger partial charge in [0.1, 0.15) is 0 Å². The van der Waals surface area contributed by atoms with Gasteiger partial charge in [-0.25, -0.2) is 9.97 Å². The number of ether oxygens (including phenoxy) is 1. The van der Waals surface area contributed by atoms with E-state index >= 15 is 0 Å². The summed E-state index contributed by atoms with van der Waals surface area (Å²) >= 11 is 1.36. The van der Waals surface area contributed by atoms with Crippen molar-refractivity contribution in [3.63, 3.8) is 0 Å². The molecular weight excluding hydrogens is 349 g/mol. The Hall–Kier alpha value is -2.72. The van der Waals surface area contributed by atoms with E-state index in [4.69, 9.17) is 4.74 Å². The second-order valence-electron chi connectivity index (χ2n) is 5.40. The van der Waals surface area contributed by atoms with Gasteiger partial charge in [-0.05, 0) is 12.1 Å². The number of nitro groups is 1. The minimum absolute atomic E-state index is 0.129. The van der Waals surface area contributed by atoms with Gasteiger partial charge < -0.3 is 9.64 Å². The maximum absolute atomic E-state index is 13.0. The van der Waals surface area contributed by atoms with E-state index in [9.17, 15) is 14.5 Å². The Kier molecular flexibility index (Phi) is 3.98. The quantitative estimate of drug-likeness (QED) is 0.402. The molecule has 0 atom stereocenters. The first-order valence-corrected chi connectivity index (χ1v) is 8.34. The Morgan fingerprint density at radius 3 is 2.76 bits per heavy atom. The lowest BCUT2D eigenvalue weighted by Crippen LogP contribution is -2.36. The normalized spacial score (nSPS) is 14.8. The lowest BCUT2D eigenvalue weighted by Gasteiger charge is -2.25. The van der Waals surface area contributed by atoms with E-state index in [1.807, 2.05) is 0 Å². The average molecular weight is 361 g/mol. The summed E-state index contributed by atoms with van der Waals surface area (Å²) in [5.74, 6) is -0.657. The maximum Gasteiger partial charge on any atom is 0.297 e. The molecule has 10 heteroatoms. The number of hydrogen-bond acceptors (Lipinski definition) is 8. The molecule has 0 spiro atoms. The van der Waals surface area contributed by atoms with Gasteiger partial charge in [0.15, 0.2) is 16.5 Å². The highest BCUT2D eigenvalue weighted by atomic mass is 32.1. The molecule has 128 valence electrons. The molecule has 0 aromatic carbocycles. The number of halogens is 1. The van der Waals surface area contributed by atoms with Gasteiger partial charge in [0.2, 0.25) is 5.95 Å². The Morgan fingerprint density at radius 2 is 2.08 bits per heavy atom. The summed E-state index contributed by atoms with van der Waals surface area (Å²) in [5.41, 5.74) is 0.772. The van der Waals surface area contributed by atoms with Crippen LogP contribution in [0.3, 0.4) is 0 Å². The molecule has 0 amide bonds. The third kappa shape index (κ3) is 3.01. The zero-order chi connectivity index (χ0) is 17.4. The Balaban J connectivity index is 1.82. The Labute approximate surface area is 145 Å². The molecular formula is C15H12FN5O3S. The molecule has 1 aliphatic heterocycles. The largest absolute Gasteiger partial charge is 0.378 e. The molecule has 0 radical (unpaired) electrons. The van der Waals surface area contributed by atoms with E-state index in [-0.39, 0.29) is 11.4 Å². The second kappa shape index (κ2) is 6.30. The number of morpholine rings is 1. The van der Waals surface area contributed by atoms with Crippen LogP contribution in [0.2, 0.25) is 0 Å². The van der Waals surface area contributed by atoms with Crippen molar-refractivity contribution >= 4 is 32.5 Å². The van der Waals surface area contributed by atoms with Crippen molar-refractivity contribution in [1.29, 1.82) is 0 Å². The minimum Gasteiger partial charge on any atom is -0.378 e. The fourth-order valence-corrected chi connectivity index (χ4v) is 3.59. The SMILES string of the molecule is O=[N+]([O-])c1cc2sc(N3CCOCC3)nc2nc1-c1ccc(F)nc1. The van der Waals surface area contributed by atoms with Gasteiger partial charge >= 0.3 is 0 Å². The number of nitrogens with zero attached hydrogens (tertiary/aromatic N) is 5. The topological polar surface area (TPSA) is 94.3 Å². The number of rotatable bonds is 3. The Morgan fingerprint density at radius 1 is 1.28 bits per heavy atom. The van der Waals surface area contributed by atoms with Crippen LogP contribution in [0.25, 0.3) is 21.6 Å². The monoisotopic (exact) mass is 361 g/mol. The highest BCUT2D eigenvalue weighted by Gasteiger charge is 2.23. The van der Waals surface area contributed by atoms with Gasteiger partial charge in [-0.2, -0.15) is 9.37 Å². The summed E-state index contributed by atoms with van der Waals surface area (Å²) in [6, 6.07) is 4.02. The molecule has 25 heavy (non-hydrogen) atoms. The van der Waals surface area contributed by atoms with Crippen LogP contribution >= 0.6 is 11.3 Å². The molecule has 4 heterocycles. The van der Waals surface area contributed by atoms with E-state index in [0.29, 0.717) is 29.1 Å². The maximum atomic E-state index is 13.0. The number of thiazole rings is 1. The molecule has 0 N–H and O–H groups in total. The number of hydrogen-bond donors (Lipinski definition) is 0. The molecule has 0 unspecified atom stereocenters. The van der Waals surface area contributed by atoms with Crippen molar-refractivity contribution in [1.82, 2.24) is 15.0 Å². The summed E-state index contributed by atoms with van der Waals surface area (Å²) in [6.07, 6.45) is 1.23. The highest BCUT2D eigenvalue weighted by molar-refractivity contribution is 7.22. The highest BCUT2D eigenvalue weighted by Crippen LogP contribution is 2.35. The Bertz CT molecular complexity index is 940. The average Bonchev–Trinajstić information content (AvgIpc) is 3.05. The van der Waals surface area contributed by atoms with E-state index in [1.54, 1.807) is 0 Å². The first kappa shape index (κ1) is 15.8. The van der Waals surface area contributed by atoms with Crippen LogP contribution in [0.1, 0.15) is 0 Å². The van der Waals surface area contributed by atoms with E-state index in [2.05, 4.69) is 19.9 Å². The van der Waals surface area contributed by atoms with Crippen LogP contribution in [0.15, 0.2) is 24.4 Å². The van der Waals surface area contributed by atoms with Crippen molar-refractivity contribution in [2.24, 2.45) is 0 Å². The first-order chi connectivity index (χ1) is 12.1. The van der Waals surface area contributed by atoms with Crippen molar-refractivity contribution in [3.05, 3.63) is 40.5 Å². The van der Waals surface area contributed by atoms with Crippen molar-refractivity contribution < 1.29 is 14.1 Å². The second-order valence-corrected chi connectivity index (χ2v) is 6.41. The molecule has 1 saturated heterocycles. The van der Waals surface area contributed by atoms with Gasteiger partial charge in [0.05, 0.1) is 22.8 Å². The van der Waals surface area contributed by atoms with Gasteiger partial charge in [0.25, 0.3) is 5.69 Å². The third-order valence-electron chi connectivity index (χ3n) is 3.83. The number of anilines is 1. The molecule has 4 rings (SSSR count). The van der Waals surface area contributed by atoms with Crippen LogP contribution < -0.4 is 4.90 Å². The molecule has 0 saturated carbocycles. The standard InChI is InChI=1S/C15H12FN5O3S/c16-12-2-1-9(8-17-12)13-10(21(22)23)7-11-14(18-13)19-15(25-11)20-3-5-24-6-4-20/h1-2,7-8H,3-6H2. The van der Waals surface area contributed by atoms with Crippen LogP contribution in [-0.4, -0.2) is 46.2 Å². The van der Waals surface area contributed by atoms with Crippen LogP contribution in [-0.2, 0) is 4.74 Å². The van der Waals surface area contributed by atoms with Gasteiger partial charge in [-0.1, -0.05) is 11.3 Å². The summed E-state index contributed by atoms with van der Waals surface area (Å²) in [5, 5.41) is 12.2. The zero-order valence-electron chi connectivity index (χ0n) is 12.9. The molecule has 1 aliphatic rings. The van der Waals surface area contributed by atoms with Crippen molar-refractivity contribution in [3.8, 4) is 11.3 Å². The fourth-order valence-electron chi connectivity index (χ4n) is 2.60. The van der Waals surface area contributed by atoms with Crippen LogP contribution in [0, 0.1) is 16.1 Å². The van der Waals surface area contributed by atoms with E-state index in [0.717, 1.165) is 24.3 Å². The van der Waals surface area contributed by atoms with Gasteiger partial charge in [-0.3, -0.25) is 10.1 Å². The zero-order valence-corrected chi connectivity index (χ0v) is 13.7. The summed E-state index contributed by atoms with van der Waals surface area (Å²) < 4.78 is 19.0. The lowest BCUT2D eigenvalue weighted by molar-refractivity contribution is -0.384. The first-order valence-electron chi connectivity index (χ1n) is 7.52. The van der Waals surface area contributed by atoms with Crippen LogP contribution in [0.5, 0.6) is 0 Å².